The van der Waals surface area contributed by atoms with Gasteiger partial charge in [-0.25, -0.2) is 13.2 Å². The highest BCUT2D eigenvalue weighted by atomic mass is 32.2. The van der Waals surface area contributed by atoms with Crippen LogP contribution in [0.25, 0.3) is 0 Å². The van der Waals surface area contributed by atoms with Gasteiger partial charge in [0, 0.05) is 32.1 Å². The minimum Gasteiger partial charge on any atom is -0.481 e. The van der Waals surface area contributed by atoms with Crippen molar-refractivity contribution in [1.29, 1.82) is 0 Å². The number of nitrogens with zero attached hydrogens (tertiary/aromatic N) is 2. The lowest BCUT2D eigenvalue weighted by atomic mass is 10.2. The number of hydrogen-bond acceptors (Lipinski definition) is 4. The summed E-state index contributed by atoms with van der Waals surface area (Å²) in [5, 5.41) is 8.63. The summed E-state index contributed by atoms with van der Waals surface area (Å²) in [5.41, 5.74) is 0. The fraction of sp³-hybridized carbons (Fsp3) is 0.833. The number of sulfone groups is 1. The first-order chi connectivity index (χ1) is 9.23. The molecule has 1 saturated heterocycles. The van der Waals surface area contributed by atoms with Crippen LogP contribution in [0.1, 0.15) is 26.7 Å². The molecule has 0 atom stereocenters. The topological polar surface area (TPSA) is 95.0 Å². The smallest absolute Gasteiger partial charge is 0.320 e. The number of rotatable bonds is 5. The van der Waals surface area contributed by atoms with Crippen LogP contribution in [0, 0.1) is 0 Å². The summed E-state index contributed by atoms with van der Waals surface area (Å²) >= 11 is 0. The highest BCUT2D eigenvalue weighted by molar-refractivity contribution is 7.91. The third kappa shape index (κ3) is 4.99. The summed E-state index contributed by atoms with van der Waals surface area (Å²) in [6.07, 6.45) is 0.413. The van der Waals surface area contributed by atoms with Crippen molar-refractivity contribution in [1.82, 2.24) is 9.80 Å². The van der Waals surface area contributed by atoms with E-state index in [0.29, 0.717) is 13.0 Å². The highest BCUT2D eigenvalue weighted by Gasteiger charge is 2.29. The van der Waals surface area contributed by atoms with Crippen molar-refractivity contribution in [3.8, 4) is 0 Å². The summed E-state index contributed by atoms with van der Waals surface area (Å²) < 4.78 is 22.7. The van der Waals surface area contributed by atoms with E-state index in [1.807, 2.05) is 13.8 Å². The van der Waals surface area contributed by atoms with E-state index < -0.39 is 15.8 Å². The van der Waals surface area contributed by atoms with Gasteiger partial charge >= 0.3 is 12.0 Å². The molecule has 116 valence electrons. The first kappa shape index (κ1) is 16.7. The van der Waals surface area contributed by atoms with E-state index >= 15 is 0 Å². The highest BCUT2D eigenvalue weighted by Crippen LogP contribution is 2.11. The second kappa shape index (κ2) is 6.92. The molecule has 0 radical (unpaired) electrons. The first-order valence-corrected chi connectivity index (χ1v) is 8.53. The monoisotopic (exact) mass is 306 g/mol. The molecule has 7 nitrogen and oxygen atoms in total. The van der Waals surface area contributed by atoms with E-state index in [1.54, 1.807) is 4.90 Å². The zero-order chi connectivity index (χ0) is 15.3. The molecule has 1 fully saturated rings. The Morgan fingerprint density at radius 1 is 1.25 bits per heavy atom. The van der Waals surface area contributed by atoms with Crippen LogP contribution in [0.5, 0.6) is 0 Å². The number of urea groups is 1. The Balaban J connectivity index is 2.58. The second-order valence-electron chi connectivity index (χ2n) is 5.21. The van der Waals surface area contributed by atoms with Gasteiger partial charge in [0.25, 0.3) is 0 Å². The number of carbonyl (C=O) groups excluding carboxylic acids is 1. The van der Waals surface area contributed by atoms with Gasteiger partial charge in [-0.05, 0) is 20.3 Å². The summed E-state index contributed by atoms with van der Waals surface area (Å²) in [6.45, 7) is 4.51. The summed E-state index contributed by atoms with van der Waals surface area (Å²) in [7, 11) is -3.01. The molecule has 0 unspecified atom stereocenters. The van der Waals surface area contributed by atoms with Crippen molar-refractivity contribution in [2.24, 2.45) is 0 Å². The van der Waals surface area contributed by atoms with Crippen LogP contribution >= 0.6 is 0 Å². The fourth-order valence-electron chi connectivity index (χ4n) is 2.06. The summed E-state index contributed by atoms with van der Waals surface area (Å²) in [4.78, 5) is 26.0. The molecule has 0 spiro atoms. The molecule has 0 aromatic carbocycles. The predicted octanol–water partition coefficient (Wildman–Crippen LogP) is 0.412. The van der Waals surface area contributed by atoms with Crippen LogP contribution in [0.4, 0.5) is 4.79 Å². The Morgan fingerprint density at radius 2 is 1.80 bits per heavy atom. The molecule has 0 aliphatic carbocycles. The molecular weight excluding hydrogens is 284 g/mol. The number of carboxylic acid groups (broad SMARTS) is 1. The van der Waals surface area contributed by atoms with Gasteiger partial charge in [0.2, 0.25) is 0 Å². The fourth-order valence-corrected chi connectivity index (χ4v) is 3.26. The van der Waals surface area contributed by atoms with Gasteiger partial charge in [0.1, 0.15) is 0 Å². The molecule has 0 aromatic heterocycles. The molecular formula is C12H22N2O5S. The van der Waals surface area contributed by atoms with Crippen molar-refractivity contribution in [3.63, 3.8) is 0 Å². The third-order valence-electron chi connectivity index (χ3n) is 3.27. The first-order valence-electron chi connectivity index (χ1n) is 6.70. The number of hydrogen-bond donors (Lipinski definition) is 1. The lowest BCUT2D eigenvalue weighted by Gasteiger charge is -2.35. The SMILES string of the molecule is CC(C)N(CCCC(=O)O)C(=O)N1CCS(=O)(=O)CC1. The predicted molar refractivity (Wildman–Crippen MR) is 74.3 cm³/mol. The van der Waals surface area contributed by atoms with Crippen LogP contribution in [-0.2, 0) is 14.6 Å². The maximum Gasteiger partial charge on any atom is 0.320 e. The standard InChI is InChI=1S/C12H22N2O5S/c1-10(2)14(5-3-4-11(15)16)12(17)13-6-8-20(18,19)9-7-13/h10H,3-9H2,1-2H3,(H,15,16). The van der Waals surface area contributed by atoms with Gasteiger partial charge in [0.05, 0.1) is 11.5 Å². The van der Waals surface area contributed by atoms with Gasteiger partial charge in [-0.1, -0.05) is 0 Å². The molecule has 8 heteroatoms. The lowest BCUT2D eigenvalue weighted by molar-refractivity contribution is -0.137. The van der Waals surface area contributed by atoms with Crippen LogP contribution in [0.15, 0.2) is 0 Å². The summed E-state index contributed by atoms with van der Waals surface area (Å²) in [6, 6.07) is -0.255. The van der Waals surface area contributed by atoms with Crippen molar-refractivity contribution in [2.45, 2.75) is 32.7 Å². The molecule has 0 bridgehead atoms. The Bertz CT molecular complexity index is 446. The van der Waals surface area contributed by atoms with E-state index in [1.165, 1.54) is 4.90 Å². The minimum absolute atomic E-state index is 0.000197. The van der Waals surface area contributed by atoms with E-state index in [9.17, 15) is 18.0 Å². The maximum absolute atomic E-state index is 12.3. The normalized spacial score (nSPS) is 18.1. The molecule has 1 aliphatic rings. The lowest BCUT2D eigenvalue weighted by Crippen LogP contribution is -2.51. The van der Waals surface area contributed by atoms with Crippen LogP contribution in [0.2, 0.25) is 0 Å². The molecule has 1 aliphatic heterocycles. The quantitative estimate of drug-likeness (QED) is 0.794. The molecule has 1 heterocycles. The minimum atomic E-state index is -3.01. The van der Waals surface area contributed by atoms with Gasteiger partial charge in [-0.3, -0.25) is 4.79 Å². The number of amides is 2. The summed E-state index contributed by atoms with van der Waals surface area (Å²) in [5.74, 6) is -0.884. The Hall–Kier alpha value is -1.31. The van der Waals surface area contributed by atoms with Gasteiger partial charge in [0.15, 0.2) is 9.84 Å². The van der Waals surface area contributed by atoms with Gasteiger partial charge < -0.3 is 14.9 Å². The largest absolute Gasteiger partial charge is 0.481 e. The average molecular weight is 306 g/mol. The molecule has 0 saturated carbocycles. The number of carbonyl (C=O) groups is 2. The Kier molecular flexibility index (Phi) is 5.79. The second-order valence-corrected chi connectivity index (χ2v) is 7.51. The van der Waals surface area contributed by atoms with Crippen LogP contribution < -0.4 is 0 Å². The van der Waals surface area contributed by atoms with E-state index in [-0.39, 0.29) is 43.1 Å². The molecule has 1 rings (SSSR count). The van der Waals surface area contributed by atoms with Crippen molar-refractivity contribution in [2.75, 3.05) is 31.1 Å². The van der Waals surface area contributed by atoms with Crippen molar-refractivity contribution in [3.05, 3.63) is 0 Å². The maximum atomic E-state index is 12.3. The number of aliphatic carboxylic acids is 1. The Morgan fingerprint density at radius 3 is 2.25 bits per heavy atom. The third-order valence-corrected chi connectivity index (χ3v) is 4.88. The van der Waals surface area contributed by atoms with Crippen molar-refractivity contribution >= 4 is 21.8 Å². The van der Waals surface area contributed by atoms with Crippen LogP contribution in [0.3, 0.4) is 0 Å². The van der Waals surface area contributed by atoms with Gasteiger partial charge in [-0.2, -0.15) is 0 Å². The average Bonchev–Trinajstić information content (AvgIpc) is 2.33. The molecule has 2 amide bonds. The molecule has 1 N–H and O–H groups in total. The Labute approximate surface area is 119 Å². The van der Waals surface area contributed by atoms with E-state index in [4.69, 9.17) is 5.11 Å². The molecule has 0 aromatic rings. The van der Waals surface area contributed by atoms with Gasteiger partial charge in [-0.15, -0.1) is 0 Å². The zero-order valence-electron chi connectivity index (χ0n) is 11.9. The number of carboxylic acids is 1. The van der Waals surface area contributed by atoms with E-state index in [2.05, 4.69) is 0 Å². The zero-order valence-corrected chi connectivity index (χ0v) is 12.7. The van der Waals surface area contributed by atoms with Crippen LogP contribution in [-0.4, -0.2) is 72.5 Å². The molecule has 20 heavy (non-hydrogen) atoms. The van der Waals surface area contributed by atoms with Crippen molar-refractivity contribution < 1.29 is 23.1 Å². The van der Waals surface area contributed by atoms with E-state index in [0.717, 1.165) is 0 Å².